The number of aromatic nitrogens is 1. The summed E-state index contributed by atoms with van der Waals surface area (Å²) in [7, 11) is 0. The lowest BCUT2D eigenvalue weighted by Crippen LogP contribution is -2.28. The van der Waals surface area contributed by atoms with Gasteiger partial charge in [0.1, 0.15) is 28.2 Å². The number of nitriles is 2. The third kappa shape index (κ3) is 4.47. The second-order valence-corrected chi connectivity index (χ2v) is 8.29. The van der Waals surface area contributed by atoms with E-state index >= 15 is 0 Å². The third-order valence-electron chi connectivity index (χ3n) is 5.31. The van der Waals surface area contributed by atoms with Crippen molar-refractivity contribution in [3.05, 3.63) is 52.6 Å². The molecule has 9 heteroatoms. The van der Waals surface area contributed by atoms with E-state index in [0.29, 0.717) is 53.5 Å². The van der Waals surface area contributed by atoms with Gasteiger partial charge in [-0.05, 0) is 24.0 Å². The average Bonchev–Trinajstić information content (AvgIpc) is 3.27. The molecule has 1 saturated heterocycles. The van der Waals surface area contributed by atoms with E-state index in [2.05, 4.69) is 17.1 Å². The van der Waals surface area contributed by atoms with Gasteiger partial charge in [-0.25, -0.2) is 4.98 Å². The van der Waals surface area contributed by atoms with Crippen LogP contribution in [-0.2, 0) is 16.0 Å². The summed E-state index contributed by atoms with van der Waals surface area (Å²) in [6.45, 7) is 2.73. The highest BCUT2D eigenvalue weighted by Crippen LogP contribution is 2.40. The maximum absolute atomic E-state index is 12.2. The Morgan fingerprint density at radius 2 is 1.90 bits per heavy atom. The van der Waals surface area contributed by atoms with Crippen LogP contribution in [0, 0.1) is 28.6 Å². The molecule has 0 radical (unpaired) electrons. The second kappa shape index (κ2) is 9.50. The van der Waals surface area contributed by atoms with Crippen molar-refractivity contribution in [1.29, 1.82) is 10.5 Å². The Labute approximate surface area is 184 Å². The minimum absolute atomic E-state index is 0.264. The molecule has 1 aliphatic heterocycles. The van der Waals surface area contributed by atoms with Crippen LogP contribution in [0.3, 0.4) is 0 Å². The molecule has 4 N–H and O–H groups in total. The van der Waals surface area contributed by atoms with E-state index in [0.717, 1.165) is 11.8 Å². The first-order valence-electron chi connectivity index (χ1n) is 9.83. The monoisotopic (exact) mass is 434 g/mol. The number of nitrogens with two attached hydrogens (primary N) is 2. The van der Waals surface area contributed by atoms with Crippen molar-refractivity contribution >= 4 is 29.4 Å². The van der Waals surface area contributed by atoms with Gasteiger partial charge in [-0.3, -0.25) is 9.59 Å². The minimum atomic E-state index is -0.747. The van der Waals surface area contributed by atoms with Gasteiger partial charge in [-0.15, -0.1) is 0 Å². The first-order valence-corrected chi connectivity index (χ1v) is 10.7. The number of benzene rings is 1. The van der Waals surface area contributed by atoms with Crippen molar-refractivity contribution in [2.75, 3.05) is 18.0 Å². The van der Waals surface area contributed by atoms with Crippen LogP contribution in [0.4, 0.5) is 5.82 Å². The molecule has 0 spiro atoms. The van der Waals surface area contributed by atoms with Gasteiger partial charge in [0, 0.05) is 13.1 Å². The van der Waals surface area contributed by atoms with Crippen molar-refractivity contribution in [3.8, 4) is 12.1 Å². The van der Waals surface area contributed by atoms with Crippen LogP contribution in [0.1, 0.15) is 40.8 Å². The molecule has 2 atom stereocenters. The predicted octanol–water partition coefficient (Wildman–Crippen LogP) is 2.02. The summed E-state index contributed by atoms with van der Waals surface area (Å²) in [4.78, 5) is 30.3. The number of hydrogen-bond donors (Lipinski definition) is 2. The van der Waals surface area contributed by atoms with E-state index < -0.39 is 17.1 Å². The third-order valence-corrected chi connectivity index (χ3v) is 6.56. The van der Waals surface area contributed by atoms with E-state index in [1.54, 1.807) is 24.3 Å². The summed E-state index contributed by atoms with van der Waals surface area (Å²) >= 11 is 1.09. The Morgan fingerprint density at radius 1 is 1.23 bits per heavy atom. The average molecular weight is 435 g/mol. The maximum Gasteiger partial charge on any atom is 0.235 e. The Hall–Kier alpha value is -3.56. The van der Waals surface area contributed by atoms with Crippen molar-refractivity contribution in [1.82, 2.24) is 4.98 Å². The molecule has 2 unspecified atom stereocenters. The first-order chi connectivity index (χ1) is 14.9. The molecule has 1 fully saturated rings. The van der Waals surface area contributed by atoms with E-state index in [9.17, 15) is 20.1 Å². The zero-order valence-corrected chi connectivity index (χ0v) is 17.9. The maximum atomic E-state index is 12.2. The van der Waals surface area contributed by atoms with E-state index in [1.165, 1.54) is 0 Å². The summed E-state index contributed by atoms with van der Waals surface area (Å²) in [5.74, 6) is -0.868. The molecule has 158 valence electrons. The van der Waals surface area contributed by atoms with Gasteiger partial charge in [-0.1, -0.05) is 49.0 Å². The van der Waals surface area contributed by atoms with Crippen LogP contribution >= 0.6 is 11.8 Å². The lowest BCUT2D eigenvalue weighted by molar-refractivity contribution is -0.121. The fourth-order valence-electron chi connectivity index (χ4n) is 3.71. The Morgan fingerprint density at radius 3 is 2.42 bits per heavy atom. The van der Waals surface area contributed by atoms with Crippen LogP contribution in [0.2, 0.25) is 0 Å². The molecule has 2 aromatic rings. The number of pyridine rings is 1. The van der Waals surface area contributed by atoms with Crippen molar-refractivity contribution in [2.45, 2.75) is 30.0 Å². The van der Waals surface area contributed by atoms with E-state index in [1.807, 2.05) is 17.9 Å². The Kier molecular flexibility index (Phi) is 6.78. The summed E-state index contributed by atoms with van der Waals surface area (Å²) < 4.78 is 0. The summed E-state index contributed by atoms with van der Waals surface area (Å²) in [5, 5.41) is 19.3. The highest BCUT2D eigenvalue weighted by atomic mass is 32.2. The van der Waals surface area contributed by atoms with E-state index in [4.69, 9.17) is 11.5 Å². The van der Waals surface area contributed by atoms with E-state index in [-0.39, 0.29) is 11.5 Å². The molecule has 8 nitrogen and oxygen atoms in total. The van der Waals surface area contributed by atoms with Crippen LogP contribution in [0.5, 0.6) is 0 Å². The van der Waals surface area contributed by atoms with Gasteiger partial charge >= 0.3 is 0 Å². The molecule has 2 amide bonds. The number of carbonyl (C=O) groups excluding carboxylic acids is 2. The molecule has 31 heavy (non-hydrogen) atoms. The summed E-state index contributed by atoms with van der Waals surface area (Å²) in [5.41, 5.74) is 13.0. The largest absolute Gasteiger partial charge is 0.369 e. The molecule has 1 aromatic carbocycles. The lowest BCUT2D eigenvalue weighted by Gasteiger charge is -2.23. The fraction of sp³-hybridized carbons (Fsp3) is 0.318. The summed E-state index contributed by atoms with van der Waals surface area (Å²) in [6, 6.07) is 13.4. The fourth-order valence-corrected chi connectivity index (χ4v) is 4.77. The number of anilines is 1. The normalized spacial score (nSPS) is 16.4. The predicted molar refractivity (Wildman–Crippen MR) is 117 cm³/mol. The highest BCUT2D eigenvalue weighted by Gasteiger charge is 2.32. The van der Waals surface area contributed by atoms with Crippen LogP contribution in [-0.4, -0.2) is 29.9 Å². The minimum Gasteiger partial charge on any atom is -0.369 e. The van der Waals surface area contributed by atoms with Crippen LogP contribution in [0.25, 0.3) is 0 Å². The van der Waals surface area contributed by atoms with Gasteiger partial charge in [0.25, 0.3) is 0 Å². The van der Waals surface area contributed by atoms with Crippen molar-refractivity contribution < 1.29 is 9.59 Å². The van der Waals surface area contributed by atoms with Gasteiger partial charge in [0.15, 0.2) is 0 Å². The quantitative estimate of drug-likeness (QED) is 0.633. The number of rotatable bonds is 7. The molecule has 2 heterocycles. The zero-order chi connectivity index (χ0) is 22.5. The number of amides is 2. The smallest absolute Gasteiger partial charge is 0.235 e. The number of hydrogen-bond acceptors (Lipinski definition) is 7. The lowest BCUT2D eigenvalue weighted by atomic mass is 10.0. The number of carbonyl (C=O) groups is 2. The number of thioether (sulfide) groups is 1. The Balaban J connectivity index is 2.12. The SMILES string of the molecule is CCc1c(C#N)c(SC(C(N)=O)c2ccccc2)nc(N2CCC(C(N)=O)C2)c1C#N. The zero-order valence-electron chi connectivity index (χ0n) is 17.0. The second-order valence-electron chi connectivity index (χ2n) is 7.19. The molecular formula is C22H22N6O2S. The summed E-state index contributed by atoms with van der Waals surface area (Å²) in [6.07, 6.45) is 1.01. The van der Waals surface area contributed by atoms with Gasteiger partial charge < -0.3 is 16.4 Å². The molecular weight excluding hydrogens is 412 g/mol. The van der Waals surface area contributed by atoms with Crippen molar-refractivity contribution in [3.63, 3.8) is 0 Å². The van der Waals surface area contributed by atoms with Crippen LogP contribution < -0.4 is 16.4 Å². The Bertz CT molecular complexity index is 1090. The standard InChI is InChI=1S/C22H22N6O2S/c1-2-15-16(10-23)21(28-9-8-14(12-28)19(25)29)27-22(17(15)11-24)31-18(20(26)30)13-6-4-3-5-7-13/h3-7,14,18H,2,8-9,12H2,1H3,(H2,25,29)(H2,26,30). The van der Waals surface area contributed by atoms with Crippen molar-refractivity contribution in [2.24, 2.45) is 17.4 Å². The molecule has 0 aliphatic carbocycles. The number of primary amides is 2. The van der Waals surface area contributed by atoms with Gasteiger partial charge in [0.2, 0.25) is 11.8 Å². The molecule has 0 saturated carbocycles. The topological polar surface area (TPSA) is 150 Å². The number of nitrogens with zero attached hydrogens (tertiary/aromatic N) is 4. The molecule has 1 aromatic heterocycles. The molecule has 3 rings (SSSR count). The van der Waals surface area contributed by atoms with Gasteiger partial charge in [0.05, 0.1) is 17.0 Å². The molecule has 1 aliphatic rings. The van der Waals surface area contributed by atoms with Crippen LogP contribution in [0.15, 0.2) is 35.4 Å². The first kappa shape index (κ1) is 22.1. The van der Waals surface area contributed by atoms with Gasteiger partial charge in [-0.2, -0.15) is 10.5 Å². The highest BCUT2D eigenvalue weighted by molar-refractivity contribution is 8.00. The molecule has 0 bridgehead atoms.